The van der Waals surface area contributed by atoms with Gasteiger partial charge in [-0.15, -0.1) is 0 Å². The standard InChI is InChI=1S/C10H16N2O/c1-7(6-10(3,4)5)9-11-8(2)12-13-9/h6H,1-5H3/b7-6+. The van der Waals surface area contributed by atoms with E-state index in [9.17, 15) is 0 Å². The number of hydrogen-bond acceptors (Lipinski definition) is 3. The molecule has 0 aromatic carbocycles. The van der Waals surface area contributed by atoms with Gasteiger partial charge >= 0.3 is 0 Å². The van der Waals surface area contributed by atoms with Gasteiger partial charge in [-0.25, -0.2) is 0 Å². The molecule has 72 valence electrons. The fourth-order valence-corrected chi connectivity index (χ4v) is 1.17. The number of aromatic nitrogens is 2. The van der Waals surface area contributed by atoms with Gasteiger partial charge < -0.3 is 4.52 Å². The van der Waals surface area contributed by atoms with E-state index in [4.69, 9.17) is 4.52 Å². The van der Waals surface area contributed by atoms with E-state index >= 15 is 0 Å². The summed E-state index contributed by atoms with van der Waals surface area (Å²) in [5.74, 6) is 1.30. The zero-order valence-electron chi connectivity index (χ0n) is 8.88. The molecule has 0 saturated heterocycles. The molecule has 1 aromatic heterocycles. The highest BCUT2D eigenvalue weighted by atomic mass is 16.5. The van der Waals surface area contributed by atoms with Gasteiger partial charge in [0.1, 0.15) is 0 Å². The molecule has 0 amide bonds. The van der Waals surface area contributed by atoms with Crippen LogP contribution in [0, 0.1) is 12.3 Å². The third-order valence-electron chi connectivity index (χ3n) is 1.51. The van der Waals surface area contributed by atoms with Gasteiger partial charge in [0.15, 0.2) is 5.82 Å². The van der Waals surface area contributed by atoms with Gasteiger partial charge in [0.2, 0.25) is 0 Å². The molecule has 0 aliphatic rings. The average Bonchev–Trinajstić information content (AvgIpc) is 2.31. The van der Waals surface area contributed by atoms with Crippen molar-refractivity contribution in [3.63, 3.8) is 0 Å². The second-order valence-corrected chi connectivity index (χ2v) is 4.34. The summed E-state index contributed by atoms with van der Waals surface area (Å²) in [4.78, 5) is 4.15. The summed E-state index contributed by atoms with van der Waals surface area (Å²) in [6.45, 7) is 10.2. The number of aryl methyl sites for hydroxylation is 1. The molecule has 0 aliphatic carbocycles. The molecular formula is C10H16N2O. The second-order valence-electron chi connectivity index (χ2n) is 4.34. The number of nitrogens with zero attached hydrogens (tertiary/aromatic N) is 2. The van der Waals surface area contributed by atoms with Crippen molar-refractivity contribution >= 4 is 5.57 Å². The number of hydrogen-bond donors (Lipinski definition) is 0. The van der Waals surface area contributed by atoms with E-state index in [0.29, 0.717) is 11.7 Å². The first-order valence-corrected chi connectivity index (χ1v) is 4.38. The Morgan fingerprint density at radius 1 is 1.38 bits per heavy atom. The van der Waals surface area contributed by atoms with Gasteiger partial charge in [-0.3, -0.25) is 0 Å². The highest BCUT2D eigenvalue weighted by Crippen LogP contribution is 2.21. The van der Waals surface area contributed by atoms with Crippen LogP contribution in [0.1, 0.15) is 39.4 Å². The van der Waals surface area contributed by atoms with Crippen molar-refractivity contribution in [2.24, 2.45) is 5.41 Å². The predicted octanol–water partition coefficient (Wildman–Crippen LogP) is 2.83. The lowest BCUT2D eigenvalue weighted by molar-refractivity contribution is 0.401. The Hall–Kier alpha value is -1.12. The zero-order chi connectivity index (χ0) is 10.1. The van der Waals surface area contributed by atoms with Gasteiger partial charge in [-0.2, -0.15) is 4.98 Å². The predicted molar refractivity (Wildman–Crippen MR) is 52.1 cm³/mol. The van der Waals surface area contributed by atoms with E-state index in [1.807, 2.05) is 13.8 Å². The molecule has 0 fully saturated rings. The maximum Gasteiger partial charge on any atom is 0.253 e. The normalized spacial score (nSPS) is 13.5. The van der Waals surface area contributed by atoms with E-state index in [-0.39, 0.29) is 5.41 Å². The van der Waals surface area contributed by atoms with Crippen LogP contribution in [0.5, 0.6) is 0 Å². The molecule has 0 spiro atoms. The molecule has 0 aliphatic heterocycles. The summed E-state index contributed by atoms with van der Waals surface area (Å²) in [6, 6.07) is 0. The first-order valence-electron chi connectivity index (χ1n) is 4.38. The van der Waals surface area contributed by atoms with E-state index in [1.165, 1.54) is 0 Å². The molecule has 1 aromatic rings. The molecule has 3 nitrogen and oxygen atoms in total. The minimum absolute atomic E-state index is 0.145. The quantitative estimate of drug-likeness (QED) is 0.667. The summed E-state index contributed by atoms with van der Waals surface area (Å²) in [6.07, 6.45) is 2.12. The van der Waals surface area contributed by atoms with Crippen molar-refractivity contribution < 1.29 is 4.52 Å². The van der Waals surface area contributed by atoms with Crippen LogP contribution in [0.25, 0.3) is 5.57 Å². The summed E-state index contributed by atoms with van der Waals surface area (Å²) >= 11 is 0. The maximum absolute atomic E-state index is 5.04. The lowest BCUT2D eigenvalue weighted by Gasteiger charge is -2.12. The lowest BCUT2D eigenvalue weighted by atomic mass is 9.94. The van der Waals surface area contributed by atoms with Crippen LogP contribution in [0.15, 0.2) is 10.6 Å². The van der Waals surface area contributed by atoms with Crippen molar-refractivity contribution in [2.45, 2.75) is 34.6 Å². The molecular weight excluding hydrogens is 164 g/mol. The molecule has 0 saturated carbocycles. The molecule has 0 atom stereocenters. The Morgan fingerprint density at radius 2 is 2.00 bits per heavy atom. The summed E-state index contributed by atoms with van der Waals surface area (Å²) in [5, 5.41) is 3.74. The van der Waals surface area contributed by atoms with Gasteiger partial charge in [-0.05, 0) is 19.3 Å². The third-order valence-corrected chi connectivity index (χ3v) is 1.51. The van der Waals surface area contributed by atoms with Crippen LogP contribution < -0.4 is 0 Å². The van der Waals surface area contributed by atoms with Gasteiger partial charge in [-0.1, -0.05) is 32.0 Å². The monoisotopic (exact) mass is 180 g/mol. The van der Waals surface area contributed by atoms with Crippen LogP contribution in [-0.4, -0.2) is 10.1 Å². The second kappa shape index (κ2) is 3.32. The Bertz CT molecular complexity index is 318. The smallest absolute Gasteiger partial charge is 0.253 e. The Labute approximate surface area is 78.8 Å². The Balaban J connectivity index is 2.91. The van der Waals surface area contributed by atoms with E-state index in [1.54, 1.807) is 0 Å². The van der Waals surface area contributed by atoms with Gasteiger partial charge in [0.05, 0.1) is 0 Å². The van der Waals surface area contributed by atoms with Crippen molar-refractivity contribution in [2.75, 3.05) is 0 Å². The molecule has 0 radical (unpaired) electrons. The largest absolute Gasteiger partial charge is 0.334 e. The third kappa shape index (κ3) is 3.01. The van der Waals surface area contributed by atoms with Crippen molar-refractivity contribution in [1.29, 1.82) is 0 Å². The molecule has 1 heterocycles. The van der Waals surface area contributed by atoms with Crippen molar-refractivity contribution in [3.8, 4) is 0 Å². The van der Waals surface area contributed by atoms with Gasteiger partial charge in [0, 0.05) is 5.57 Å². The topological polar surface area (TPSA) is 38.9 Å². The van der Waals surface area contributed by atoms with Crippen LogP contribution in [-0.2, 0) is 0 Å². The lowest BCUT2D eigenvalue weighted by Crippen LogP contribution is -2.00. The summed E-state index contributed by atoms with van der Waals surface area (Å²) < 4.78 is 5.04. The Kier molecular flexibility index (Phi) is 2.55. The van der Waals surface area contributed by atoms with E-state index in [2.05, 4.69) is 37.0 Å². The molecule has 13 heavy (non-hydrogen) atoms. The Morgan fingerprint density at radius 3 is 2.38 bits per heavy atom. The minimum Gasteiger partial charge on any atom is -0.334 e. The minimum atomic E-state index is 0.145. The van der Waals surface area contributed by atoms with E-state index < -0.39 is 0 Å². The van der Waals surface area contributed by atoms with Gasteiger partial charge in [0.25, 0.3) is 5.89 Å². The number of allylic oxidation sites excluding steroid dienone is 2. The van der Waals surface area contributed by atoms with Crippen LogP contribution >= 0.6 is 0 Å². The molecule has 3 heteroatoms. The summed E-state index contributed by atoms with van der Waals surface area (Å²) in [7, 11) is 0. The fraction of sp³-hybridized carbons (Fsp3) is 0.600. The van der Waals surface area contributed by atoms with Crippen molar-refractivity contribution in [3.05, 3.63) is 17.8 Å². The van der Waals surface area contributed by atoms with Crippen LogP contribution in [0.4, 0.5) is 0 Å². The fourth-order valence-electron chi connectivity index (χ4n) is 1.17. The van der Waals surface area contributed by atoms with Crippen LogP contribution in [0.3, 0.4) is 0 Å². The van der Waals surface area contributed by atoms with E-state index in [0.717, 1.165) is 5.57 Å². The van der Waals surface area contributed by atoms with Crippen LogP contribution in [0.2, 0.25) is 0 Å². The molecule has 0 unspecified atom stereocenters. The molecule has 1 rings (SSSR count). The first-order chi connectivity index (χ1) is 5.88. The SMILES string of the molecule is C/C(=C\C(C)(C)C)c1nc(C)no1. The summed E-state index contributed by atoms with van der Waals surface area (Å²) in [5.41, 5.74) is 1.18. The highest BCUT2D eigenvalue weighted by molar-refractivity contribution is 5.56. The molecule has 0 N–H and O–H groups in total. The number of rotatable bonds is 1. The highest BCUT2D eigenvalue weighted by Gasteiger charge is 2.10. The first kappa shape index (κ1) is 9.96. The maximum atomic E-state index is 5.04. The average molecular weight is 180 g/mol. The zero-order valence-corrected chi connectivity index (χ0v) is 8.88. The molecule has 0 bridgehead atoms. The van der Waals surface area contributed by atoms with Crippen molar-refractivity contribution in [1.82, 2.24) is 10.1 Å².